The van der Waals surface area contributed by atoms with E-state index in [0.29, 0.717) is 23.6 Å². The summed E-state index contributed by atoms with van der Waals surface area (Å²) >= 11 is 0. The highest BCUT2D eigenvalue weighted by atomic mass is 32.2. The molecule has 1 N–H and O–H groups in total. The molecule has 0 fully saturated rings. The molecule has 0 bridgehead atoms. The van der Waals surface area contributed by atoms with Crippen molar-refractivity contribution < 1.29 is 22.9 Å². The number of benzene rings is 2. The minimum absolute atomic E-state index is 0.0897. The zero-order valence-corrected chi connectivity index (χ0v) is 18.4. The van der Waals surface area contributed by atoms with E-state index in [2.05, 4.69) is 11.9 Å². The Bertz CT molecular complexity index is 1070. The van der Waals surface area contributed by atoms with Crippen molar-refractivity contribution in [3.8, 4) is 5.75 Å². The van der Waals surface area contributed by atoms with Gasteiger partial charge in [-0.15, -0.1) is 0 Å². The highest BCUT2D eigenvalue weighted by Gasteiger charge is 2.33. The van der Waals surface area contributed by atoms with Crippen molar-refractivity contribution in [1.82, 2.24) is 0 Å². The number of carbonyl (C=O) groups is 1. The van der Waals surface area contributed by atoms with Crippen LogP contribution in [0.3, 0.4) is 0 Å². The lowest BCUT2D eigenvalue weighted by molar-refractivity contribution is -0.384. The van der Waals surface area contributed by atoms with Crippen LogP contribution in [0.2, 0.25) is 0 Å². The van der Waals surface area contributed by atoms with Crippen LogP contribution in [0.25, 0.3) is 0 Å². The molecule has 0 unspecified atom stereocenters. The SMILES string of the molecule is C=CCOc1ccc(NC(=O)[C@H](CC)N(c2cc([N+](=O)[O-])ccc2C)S(C)(=O)=O)cc1. The summed E-state index contributed by atoms with van der Waals surface area (Å²) in [6.45, 7) is 7.21. The van der Waals surface area contributed by atoms with Gasteiger partial charge in [-0.25, -0.2) is 8.42 Å². The topological polar surface area (TPSA) is 119 Å². The molecule has 2 aromatic carbocycles. The fourth-order valence-corrected chi connectivity index (χ4v) is 4.26. The number of hydrogen-bond acceptors (Lipinski definition) is 6. The number of anilines is 2. The first-order chi connectivity index (χ1) is 14.6. The zero-order valence-electron chi connectivity index (χ0n) is 17.6. The number of nitro benzene ring substituents is 1. The number of ether oxygens (including phenoxy) is 1. The molecule has 0 aliphatic heterocycles. The molecule has 1 atom stereocenters. The highest BCUT2D eigenvalue weighted by Crippen LogP contribution is 2.30. The molecule has 2 aromatic rings. The maximum Gasteiger partial charge on any atom is 0.271 e. The minimum Gasteiger partial charge on any atom is -0.490 e. The van der Waals surface area contributed by atoms with Crippen LogP contribution < -0.4 is 14.4 Å². The molecule has 0 saturated carbocycles. The van der Waals surface area contributed by atoms with Crippen LogP contribution in [0.4, 0.5) is 17.1 Å². The van der Waals surface area contributed by atoms with Gasteiger partial charge in [0.1, 0.15) is 18.4 Å². The third-order valence-electron chi connectivity index (χ3n) is 4.46. The number of rotatable bonds is 10. The summed E-state index contributed by atoms with van der Waals surface area (Å²) in [5.74, 6) is 0.0357. The van der Waals surface area contributed by atoms with Gasteiger partial charge in [0.2, 0.25) is 15.9 Å². The summed E-state index contributed by atoms with van der Waals surface area (Å²) in [6, 6.07) is 9.40. The summed E-state index contributed by atoms with van der Waals surface area (Å²) in [4.78, 5) is 23.6. The molecule has 9 nitrogen and oxygen atoms in total. The average Bonchev–Trinajstić information content (AvgIpc) is 2.71. The Labute approximate surface area is 181 Å². The van der Waals surface area contributed by atoms with E-state index in [1.807, 2.05) is 0 Å². The lowest BCUT2D eigenvalue weighted by atomic mass is 10.1. The third-order valence-corrected chi connectivity index (χ3v) is 5.63. The summed E-state index contributed by atoms with van der Waals surface area (Å²) in [7, 11) is -3.93. The predicted molar refractivity (Wildman–Crippen MR) is 120 cm³/mol. The number of amides is 1. The largest absolute Gasteiger partial charge is 0.490 e. The molecule has 0 spiro atoms. The smallest absolute Gasteiger partial charge is 0.271 e. The van der Waals surface area contributed by atoms with Gasteiger partial charge >= 0.3 is 0 Å². The normalized spacial score (nSPS) is 12.0. The number of non-ortho nitro benzene ring substituents is 1. The van der Waals surface area contributed by atoms with Gasteiger partial charge in [-0.1, -0.05) is 25.6 Å². The molecule has 10 heteroatoms. The van der Waals surface area contributed by atoms with E-state index in [1.54, 1.807) is 44.2 Å². The molecule has 0 aliphatic rings. The molecule has 0 heterocycles. The van der Waals surface area contributed by atoms with Crippen LogP contribution in [0.1, 0.15) is 18.9 Å². The molecular weight excluding hydrogens is 422 g/mol. The fourth-order valence-electron chi connectivity index (χ4n) is 3.00. The van der Waals surface area contributed by atoms with Crippen LogP contribution in [-0.2, 0) is 14.8 Å². The number of nitrogens with zero attached hydrogens (tertiary/aromatic N) is 2. The van der Waals surface area contributed by atoms with Gasteiger partial charge in [0.05, 0.1) is 16.9 Å². The van der Waals surface area contributed by atoms with E-state index in [9.17, 15) is 23.3 Å². The molecule has 31 heavy (non-hydrogen) atoms. The highest BCUT2D eigenvalue weighted by molar-refractivity contribution is 7.92. The number of carbonyl (C=O) groups excluding carboxylic acids is 1. The second kappa shape index (κ2) is 10.1. The summed E-state index contributed by atoms with van der Waals surface area (Å²) < 4.78 is 31.6. The van der Waals surface area contributed by atoms with E-state index in [-0.39, 0.29) is 17.8 Å². The molecule has 0 saturated heterocycles. The van der Waals surface area contributed by atoms with Crippen molar-refractivity contribution >= 4 is 33.0 Å². The van der Waals surface area contributed by atoms with Gasteiger partial charge in [-0.2, -0.15) is 0 Å². The predicted octanol–water partition coefficient (Wildman–Crippen LogP) is 3.65. The number of aryl methyl sites for hydroxylation is 1. The van der Waals surface area contributed by atoms with Crippen molar-refractivity contribution in [3.05, 3.63) is 70.8 Å². The summed E-state index contributed by atoms with van der Waals surface area (Å²) in [6.07, 6.45) is 2.73. The first kappa shape index (κ1) is 23.9. The van der Waals surface area contributed by atoms with E-state index < -0.39 is 26.9 Å². The summed E-state index contributed by atoms with van der Waals surface area (Å²) in [5, 5.41) is 13.9. The number of nitrogens with one attached hydrogen (secondary N) is 1. The quantitative estimate of drug-likeness (QED) is 0.337. The second-order valence-corrected chi connectivity index (χ2v) is 8.68. The van der Waals surface area contributed by atoms with Gasteiger partial charge < -0.3 is 10.1 Å². The molecule has 0 radical (unpaired) electrons. The molecule has 166 valence electrons. The Morgan fingerprint density at radius 1 is 1.29 bits per heavy atom. The van der Waals surface area contributed by atoms with Gasteiger partial charge in [-0.05, 0) is 43.2 Å². The van der Waals surface area contributed by atoms with Gasteiger partial charge in [0, 0.05) is 17.8 Å². The van der Waals surface area contributed by atoms with E-state index in [0.717, 1.165) is 16.6 Å². The Kier molecular flexibility index (Phi) is 7.76. The molecule has 1 amide bonds. The second-order valence-electron chi connectivity index (χ2n) is 6.82. The van der Waals surface area contributed by atoms with Crippen LogP contribution in [0.5, 0.6) is 5.75 Å². The molecule has 0 aliphatic carbocycles. The number of nitro groups is 1. The Morgan fingerprint density at radius 2 is 1.94 bits per heavy atom. The van der Waals surface area contributed by atoms with Crippen molar-refractivity contribution in [2.75, 3.05) is 22.5 Å². The van der Waals surface area contributed by atoms with Gasteiger partial charge in [0.15, 0.2) is 0 Å². The minimum atomic E-state index is -3.93. The standard InChI is InChI=1S/C21H25N3O6S/c1-5-13-30-18-11-8-16(9-12-18)22-21(25)19(6-2)23(31(4,28)29)20-14-17(24(26)27)10-7-15(20)3/h5,7-12,14,19H,1,6,13H2,2-4H3,(H,22,25)/t19-/m0/s1. The first-order valence-corrected chi connectivity index (χ1v) is 11.3. The fraction of sp³-hybridized carbons (Fsp3) is 0.286. The third kappa shape index (κ3) is 6.05. The average molecular weight is 448 g/mol. The van der Waals surface area contributed by atoms with Crippen LogP contribution in [0, 0.1) is 17.0 Å². The maximum atomic E-state index is 13.0. The molecular formula is C21H25N3O6S. The van der Waals surface area contributed by atoms with Crippen molar-refractivity contribution in [2.45, 2.75) is 26.3 Å². The van der Waals surface area contributed by atoms with Crippen molar-refractivity contribution in [2.24, 2.45) is 0 Å². The Morgan fingerprint density at radius 3 is 2.45 bits per heavy atom. The van der Waals surface area contributed by atoms with Gasteiger partial charge in [-0.3, -0.25) is 19.2 Å². The van der Waals surface area contributed by atoms with E-state index >= 15 is 0 Å². The lowest BCUT2D eigenvalue weighted by Crippen LogP contribution is -2.47. The molecule has 2 rings (SSSR count). The maximum absolute atomic E-state index is 13.0. The van der Waals surface area contributed by atoms with Crippen LogP contribution in [0.15, 0.2) is 55.1 Å². The van der Waals surface area contributed by atoms with E-state index in [4.69, 9.17) is 4.74 Å². The molecule has 0 aromatic heterocycles. The number of hydrogen-bond donors (Lipinski definition) is 1. The Hall–Kier alpha value is -3.40. The van der Waals surface area contributed by atoms with E-state index in [1.165, 1.54) is 12.1 Å². The monoisotopic (exact) mass is 447 g/mol. The van der Waals surface area contributed by atoms with Crippen LogP contribution >= 0.6 is 0 Å². The van der Waals surface area contributed by atoms with Crippen LogP contribution in [-0.4, -0.2) is 38.2 Å². The van der Waals surface area contributed by atoms with Crippen molar-refractivity contribution in [3.63, 3.8) is 0 Å². The number of sulfonamides is 1. The summed E-state index contributed by atoms with van der Waals surface area (Å²) in [5.41, 5.74) is 0.774. The lowest BCUT2D eigenvalue weighted by Gasteiger charge is -2.31. The zero-order chi connectivity index (χ0) is 23.2. The first-order valence-electron chi connectivity index (χ1n) is 9.47. The van der Waals surface area contributed by atoms with Gasteiger partial charge in [0.25, 0.3) is 5.69 Å². The Balaban J connectivity index is 2.37. The van der Waals surface area contributed by atoms with Crippen molar-refractivity contribution in [1.29, 1.82) is 0 Å².